The van der Waals surface area contributed by atoms with Gasteiger partial charge >= 0.3 is 6.18 Å². The normalized spacial score (nSPS) is 18.5. The lowest BCUT2D eigenvalue weighted by atomic mass is 9.96. The van der Waals surface area contributed by atoms with Gasteiger partial charge in [0.1, 0.15) is 0 Å². The molecule has 1 saturated heterocycles. The summed E-state index contributed by atoms with van der Waals surface area (Å²) in [6.07, 6.45) is -2.65. The van der Waals surface area contributed by atoms with E-state index in [9.17, 15) is 18.0 Å². The number of halogens is 3. The zero-order valence-electron chi connectivity index (χ0n) is 9.67. The third kappa shape index (κ3) is 4.53. The maximum Gasteiger partial charge on any atom is 0.391 e. The van der Waals surface area contributed by atoms with Crippen LogP contribution in [0.4, 0.5) is 13.2 Å². The van der Waals surface area contributed by atoms with E-state index >= 15 is 0 Å². The highest BCUT2D eigenvalue weighted by molar-refractivity contribution is 5.76. The molecule has 1 aliphatic heterocycles. The zero-order chi connectivity index (χ0) is 12.9. The molecule has 17 heavy (non-hydrogen) atoms. The second-order valence-electron chi connectivity index (χ2n) is 4.38. The molecule has 0 aromatic heterocycles. The summed E-state index contributed by atoms with van der Waals surface area (Å²) in [6.45, 7) is 0.438. The molecule has 0 bridgehead atoms. The van der Waals surface area contributed by atoms with Crippen molar-refractivity contribution in [3.05, 3.63) is 0 Å². The maximum absolute atomic E-state index is 12.4. The van der Waals surface area contributed by atoms with E-state index < -0.39 is 12.1 Å². The number of aliphatic hydroxyl groups excluding tert-OH is 1. The standard InChI is InChI=1S/C11H18F3NO2/c12-11(13,14)9-4-6-15(7-5-9)10(17)3-1-2-8-16/h9,16H,1-8H2. The minimum Gasteiger partial charge on any atom is -0.396 e. The largest absolute Gasteiger partial charge is 0.396 e. The highest BCUT2D eigenvalue weighted by Gasteiger charge is 2.41. The lowest BCUT2D eigenvalue weighted by Gasteiger charge is -2.33. The van der Waals surface area contributed by atoms with Crippen LogP contribution in [-0.4, -0.2) is 41.8 Å². The molecule has 0 radical (unpaired) electrons. The molecule has 1 fully saturated rings. The second-order valence-corrected chi connectivity index (χ2v) is 4.38. The summed E-state index contributed by atoms with van der Waals surface area (Å²) >= 11 is 0. The molecule has 1 heterocycles. The van der Waals surface area contributed by atoms with Crippen molar-refractivity contribution in [3.8, 4) is 0 Å². The number of hydrogen-bond donors (Lipinski definition) is 1. The van der Waals surface area contributed by atoms with Gasteiger partial charge in [-0.2, -0.15) is 13.2 Å². The fourth-order valence-corrected chi connectivity index (χ4v) is 2.00. The molecule has 100 valence electrons. The molecule has 0 aliphatic carbocycles. The molecule has 0 aromatic carbocycles. The number of rotatable bonds is 4. The maximum atomic E-state index is 12.4. The van der Waals surface area contributed by atoms with Crippen LogP contribution in [0.3, 0.4) is 0 Å². The molecule has 0 aromatic rings. The Bertz CT molecular complexity index is 248. The second kappa shape index (κ2) is 6.23. The lowest BCUT2D eigenvalue weighted by Crippen LogP contribution is -2.42. The SMILES string of the molecule is O=C(CCCCO)N1CCC(C(F)(F)F)CC1. The van der Waals surface area contributed by atoms with Gasteiger partial charge < -0.3 is 10.0 Å². The molecular weight excluding hydrogens is 235 g/mol. The van der Waals surface area contributed by atoms with Crippen LogP contribution in [0.2, 0.25) is 0 Å². The van der Waals surface area contributed by atoms with Crippen LogP contribution in [0.15, 0.2) is 0 Å². The summed E-state index contributed by atoms with van der Waals surface area (Å²) in [5, 5.41) is 8.56. The molecular formula is C11H18F3NO2. The first kappa shape index (κ1) is 14.3. The van der Waals surface area contributed by atoms with Crippen molar-refractivity contribution in [2.75, 3.05) is 19.7 Å². The van der Waals surface area contributed by atoms with Crippen molar-refractivity contribution in [2.45, 2.75) is 38.3 Å². The first-order chi connectivity index (χ1) is 7.95. The van der Waals surface area contributed by atoms with Crippen LogP contribution in [-0.2, 0) is 4.79 Å². The Morgan fingerprint density at radius 3 is 2.29 bits per heavy atom. The number of likely N-dealkylation sites (tertiary alicyclic amines) is 1. The minimum absolute atomic E-state index is 0.00917. The van der Waals surface area contributed by atoms with Gasteiger partial charge in [0, 0.05) is 26.1 Å². The smallest absolute Gasteiger partial charge is 0.391 e. The molecule has 0 saturated carbocycles. The summed E-state index contributed by atoms with van der Waals surface area (Å²) in [4.78, 5) is 13.1. The Balaban J connectivity index is 2.29. The predicted octanol–water partition coefficient (Wildman–Crippen LogP) is 1.95. The molecule has 0 atom stereocenters. The van der Waals surface area contributed by atoms with E-state index in [-0.39, 0.29) is 38.4 Å². The Labute approximate surface area is 98.6 Å². The van der Waals surface area contributed by atoms with Crippen molar-refractivity contribution in [1.82, 2.24) is 4.90 Å². The van der Waals surface area contributed by atoms with Crippen molar-refractivity contribution < 1.29 is 23.1 Å². The number of hydrogen-bond acceptors (Lipinski definition) is 2. The van der Waals surface area contributed by atoms with Gasteiger partial charge in [-0.25, -0.2) is 0 Å². The Morgan fingerprint density at radius 2 is 1.82 bits per heavy atom. The molecule has 6 heteroatoms. The topological polar surface area (TPSA) is 40.5 Å². The fourth-order valence-electron chi connectivity index (χ4n) is 2.00. The quantitative estimate of drug-likeness (QED) is 0.778. The van der Waals surface area contributed by atoms with Gasteiger partial charge in [0.2, 0.25) is 5.91 Å². The highest BCUT2D eigenvalue weighted by atomic mass is 19.4. The fraction of sp³-hybridized carbons (Fsp3) is 0.909. The molecule has 3 nitrogen and oxygen atoms in total. The molecule has 1 rings (SSSR count). The summed E-state index contributed by atoms with van der Waals surface area (Å²) in [5.74, 6) is -1.36. The number of aliphatic hydroxyl groups is 1. The van der Waals surface area contributed by atoms with Crippen LogP contribution in [0, 0.1) is 5.92 Å². The van der Waals surface area contributed by atoms with E-state index in [1.807, 2.05) is 0 Å². The third-order valence-electron chi connectivity index (χ3n) is 3.11. The lowest BCUT2D eigenvalue weighted by molar-refractivity contribution is -0.186. The van der Waals surface area contributed by atoms with E-state index in [0.29, 0.717) is 19.3 Å². The number of nitrogens with zero attached hydrogens (tertiary/aromatic N) is 1. The van der Waals surface area contributed by atoms with Crippen LogP contribution in [0.5, 0.6) is 0 Å². The van der Waals surface area contributed by atoms with Crippen LogP contribution in [0.25, 0.3) is 0 Å². The average molecular weight is 253 g/mol. The van der Waals surface area contributed by atoms with Gasteiger partial charge in [0.25, 0.3) is 0 Å². The zero-order valence-corrected chi connectivity index (χ0v) is 9.67. The number of alkyl halides is 3. The van der Waals surface area contributed by atoms with Crippen LogP contribution < -0.4 is 0 Å². The first-order valence-corrected chi connectivity index (χ1v) is 5.90. The molecule has 0 unspecified atom stereocenters. The van der Waals surface area contributed by atoms with Crippen molar-refractivity contribution in [1.29, 1.82) is 0 Å². The summed E-state index contributed by atoms with van der Waals surface area (Å²) < 4.78 is 37.2. The monoisotopic (exact) mass is 253 g/mol. The molecule has 1 aliphatic rings. The summed E-state index contributed by atoms with van der Waals surface area (Å²) in [5.41, 5.74) is 0. The van der Waals surface area contributed by atoms with E-state index in [1.54, 1.807) is 0 Å². The first-order valence-electron chi connectivity index (χ1n) is 5.90. The van der Waals surface area contributed by atoms with E-state index in [4.69, 9.17) is 5.11 Å². The van der Waals surface area contributed by atoms with Gasteiger partial charge in [0.15, 0.2) is 0 Å². The number of carbonyl (C=O) groups is 1. The Hall–Kier alpha value is -0.780. The molecule has 1 amide bonds. The third-order valence-corrected chi connectivity index (χ3v) is 3.11. The van der Waals surface area contributed by atoms with Gasteiger partial charge in [-0.05, 0) is 25.7 Å². The Kier molecular flexibility index (Phi) is 5.24. The number of amides is 1. The van der Waals surface area contributed by atoms with Gasteiger partial charge in [-0.1, -0.05) is 0 Å². The van der Waals surface area contributed by atoms with Crippen LogP contribution in [0.1, 0.15) is 32.1 Å². The number of carbonyl (C=O) groups excluding carboxylic acids is 1. The number of piperidine rings is 1. The van der Waals surface area contributed by atoms with E-state index in [0.717, 1.165) is 0 Å². The van der Waals surface area contributed by atoms with E-state index in [1.165, 1.54) is 4.90 Å². The Morgan fingerprint density at radius 1 is 1.24 bits per heavy atom. The average Bonchev–Trinajstić information content (AvgIpc) is 2.28. The predicted molar refractivity (Wildman–Crippen MR) is 56.3 cm³/mol. The summed E-state index contributed by atoms with van der Waals surface area (Å²) in [6, 6.07) is 0. The van der Waals surface area contributed by atoms with E-state index in [2.05, 4.69) is 0 Å². The van der Waals surface area contributed by atoms with Gasteiger partial charge in [-0.15, -0.1) is 0 Å². The van der Waals surface area contributed by atoms with Crippen molar-refractivity contribution >= 4 is 5.91 Å². The minimum atomic E-state index is -4.13. The molecule has 1 N–H and O–H groups in total. The van der Waals surface area contributed by atoms with Gasteiger partial charge in [-0.3, -0.25) is 4.79 Å². The van der Waals surface area contributed by atoms with Crippen molar-refractivity contribution in [3.63, 3.8) is 0 Å². The van der Waals surface area contributed by atoms with Crippen molar-refractivity contribution in [2.24, 2.45) is 5.92 Å². The molecule has 0 spiro atoms. The van der Waals surface area contributed by atoms with Crippen LogP contribution >= 0.6 is 0 Å². The van der Waals surface area contributed by atoms with Gasteiger partial charge in [0.05, 0.1) is 5.92 Å². The number of unbranched alkanes of at least 4 members (excludes halogenated alkanes) is 1. The highest BCUT2D eigenvalue weighted by Crippen LogP contribution is 2.34. The summed E-state index contributed by atoms with van der Waals surface area (Å²) in [7, 11) is 0.